The first kappa shape index (κ1) is 19.6. The van der Waals surface area contributed by atoms with Gasteiger partial charge in [0.25, 0.3) is 0 Å². The van der Waals surface area contributed by atoms with Gasteiger partial charge < -0.3 is 14.2 Å². The summed E-state index contributed by atoms with van der Waals surface area (Å²) in [4.78, 5) is 16.6. The molecule has 2 aromatic carbocycles. The molecule has 1 aliphatic heterocycles. The number of rotatable bonds is 8. The maximum absolute atomic E-state index is 12.3. The van der Waals surface area contributed by atoms with Crippen molar-refractivity contribution in [2.75, 3.05) is 13.2 Å². The zero-order valence-corrected chi connectivity index (χ0v) is 16.6. The fourth-order valence-electron chi connectivity index (χ4n) is 2.42. The standard InChI is InChI=1S/C22H18BrNO4/c1-3-11-26-18-10-7-16(20(14-18)27-12-4-2)13-19-22(25)28-21(24-19)15-5-8-17(23)9-6-15/h3-10,13-14H,1-2,11-12H2/b19-13-. The molecular weight excluding hydrogens is 422 g/mol. The van der Waals surface area contributed by atoms with Gasteiger partial charge in [-0.2, -0.15) is 0 Å². The second-order valence-electron chi connectivity index (χ2n) is 5.74. The van der Waals surface area contributed by atoms with E-state index in [1.165, 1.54) is 0 Å². The smallest absolute Gasteiger partial charge is 0.363 e. The van der Waals surface area contributed by atoms with Gasteiger partial charge in [-0.05, 0) is 42.5 Å². The van der Waals surface area contributed by atoms with E-state index in [-0.39, 0.29) is 11.6 Å². The van der Waals surface area contributed by atoms with Gasteiger partial charge >= 0.3 is 5.97 Å². The first-order chi connectivity index (χ1) is 13.6. The van der Waals surface area contributed by atoms with E-state index < -0.39 is 5.97 Å². The zero-order valence-electron chi connectivity index (χ0n) is 15.1. The molecule has 0 unspecified atom stereocenters. The number of carbonyl (C=O) groups is 1. The van der Waals surface area contributed by atoms with E-state index >= 15 is 0 Å². The zero-order chi connectivity index (χ0) is 19.9. The number of esters is 1. The van der Waals surface area contributed by atoms with Crippen molar-refractivity contribution < 1.29 is 19.0 Å². The molecule has 0 saturated carbocycles. The van der Waals surface area contributed by atoms with E-state index in [1.807, 2.05) is 24.3 Å². The van der Waals surface area contributed by atoms with Crippen molar-refractivity contribution in [3.05, 3.63) is 89.1 Å². The molecule has 2 aromatic rings. The number of carbonyl (C=O) groups excluding carboxylic acids is 1. The molecule has 0 aromatic heterocycles. The minimum atomic E-state index is -0.514. The number of cyclic esters (lactones) is 1. The number of halogens is 1. The highest BCUT2D eigenvalue weighted by molar-refractivity contribution is 9.10. The molecule has 5 nitrogen and oxygen atoms in total. The molecule has 0 amide bonds. The van der Waals surface area contributed by atoms with Crippen molar-refractivity contribution in [2.45, 2.75) is 0 Å². The predicted octanol–water partition coefficient (Wildman–Crippen LogP) is 4.92. The van der Waals surface area contributed by atoms with E-state index in [0.717, 1.165) is 10.0 Å². The van der Waals surface area contributed by atoms with E-state index in [4.69, 9.17) is 14.2 Å². The lowest BCUT2D eigenvalue weighted by molar-refractivity contribution is -0.129. The largest absolute Gasteiger partial charge is 0.489 e. The van der Waals surface area contributed by atoms with Crippen molar-refractivity contribution in [3.8, 4) is 11.5 Å². The third-order valence-corrected chi connectivity index (χ3v) is 4.24. The summed E-state index contributed by atoms with van der Waals surface area (Å²) in [5.41, 5.74) is 1.60. The summed E-state index contributed by atoms with van der Waals surface area (Å²) in [5, 5.41) is 0. The maximum Gasteiger partial charge on any atom is 0.363 e. The third kappa shape index (κ3) is 4.78. The van der Waals surface area contributed by atoms with Crippen LogP contribution in [0.15, 0.2) is 82.9 Å². The van der Waals surface area contributed by atoms with Crippen molar-refractivity contribution in [1.82, 2.24) is 0 Å². The second-order valence-corrected chi connectivity index (χ2v) is 6.66. The van der Waals surface area contributed by atoms with Crippen molar-refractivity contribution in [2.24, 2.45) is 4.99 Å². The van der Waals surface area contributed by atoms with Gasteiger partial charge in [-0.15, -0.1) is 0 Å². The van der Waals surface area contributed by atoms with Gasteiger partial charge in [0.1, 0.15) is 24.7 Å². The van der Waals surface area contributed by atoms with Crippen molar-refractivity contribution in [3.63, 3.8) is 0 Å². The number of aliphatic imine (C=N–C) groups is 1. The van der Waals surface area contributed by atoms with Crippen LogP contribution in [0.2, 0.25) is 0 Å². The van der Waals surface area contributed by atoms with Crippen LogP contribution in [-0.4, -0.2) is 25.1 Å². The van der Waals surface area contributed by atoms with Crippen LogP contribution in [0.1, 0.15) is 11.1 Å². The Morgan fingerprint density at radius 1 is 1.04 bits per heavy atom. The molecule has 6 heteroatoms. The van der Waals surface area contributed by atoms with Gasteiger partial charge in [-0.25, -0.2) is 9.79 Å². The fraction of sp³-hybridized carbons (Fsp3) is 0.0909. The quantitative estimate of drug-likeness (QED) is 0.332. The van der Waals surface area contributed by atoms with Crippen molar-refractivity contribution in [1.29, 1.82) is 0 Å². The van der Waals surface area contributed by atoms with Crippen LogP contribution in [-0.2, 0) is 9.53 Å². The van der Waals surface area contributed by atoms with Crippen LogP contribution in [0.5, 0.6) is 11.5 Å². The molecule has 0 spiro atoms. The Morgan fingerprint density at radius 3 is 2.46 bits per heavy atom. The van der Waals surface area contributed by atoms with E-state index in [1.54, 1.807) is 36.4 Å². The van der Waals surface area contributed by atoms with Crippen LogP contribution in [0.3, 0.4) is 0 Å². The molecule has 1 aliphatic rings. The first-order valence-corrected chi connectivity index (χ1v) is 9.30. The van der Waals surface area contributed by atoms with Crippen LogP contribution in [0, 0.1) is 0 Å². The molecule has 0 aliphatic carbocycles. The Balaban J connectivity index is 1.92. The molecule has 142 valence electrons. The predicted molar refractivity (Wildman–Crippen MR) is 113 cm³/mol. The van der Waals surface area contributed by atoms with Gasteiger partial charge in [0.15, 0.2) is 5.70 Å². The summed E-state index contributed by atoms with van der Waals surface area (Å²) in [6.07, 6.45) is 4.93. The Kier molecular flexibility index (Phi) is 6.45. The fourth-order valence-corrected chi connectivity index (χ4v) is 2.69. The van der Waals surface area contributed by atoms with Crippen LogP contribution < -0.4 is 9.47 Å². The number of nitrogens with zero attached hydrogens (tertiary/aromatic N) is 1. The molecule has 28 heavy (non-hydrogen) atoms. The number of hydrogen-bond acceptors (Lipinski definition) is 5. The lowest BCUT2D eigenvalue weighted by Gasteiger charge is -2.10. The highest BCUT2D eigenvalue weighted by Gasteiger charge is 2.24. The van der Waals surface area contributed by atoms with E-state index in [9.17, 15) is 4.79 Å². The monoisotopic (exact) mass is 439 g/mol. The summed E-state index contributed by atoms with van der Waals surface area (Å²) in [6, 6.07) is 12.7. The lowest BCUT2D eigenvalue weighted by Crippen LogP contribution is -2.05. The summed E-state index contributed by atoms with van der Waals surface area (Å²) < 4.78 is 17.5. The normalized spacial score (nSPS) is 14.4. The van der Waals surface area contributed by atoms with E-state index in [2.05, 4.69) is 34.1 Å². The molecule has 3 rings (SSSR count). The third-order valence-electron chi connectivity index (χ3n) is 3.71. The van der Waals surface area contributed by atoms with Gasteiger partial charge in [0, 0.05) is 21.7 Å². The summed E-state index contributed by atoms with van der Waals surface area (Å²) in [7, 11) is 0. The molecule has 0 atom stereocenters. The van der Waals surface area contributed by atoms with Crippen LogP contribution >= 0.6 is 15.9 Å². The number of ether oxygens (including phenoxy) is 3. The lowest BCUT2D eigenvalue weighted by atomic mass is 10.1. The maximum atomic E-state index is 12.3. The highest BCUT2D eigenvalue weighted by atomic mass is 79.9. The average Bonchev–Trinajstić information content (AvgIpc) is 3.07. The number of hydrogen-bond donors (Lipinski definition) is 0. The minimum absolute atomic E-state index is 0.195. The summed E-state index contributed by atoms with van der Waals surface area (Å²) in [5.74, 6) is 0.936. The van der Waals surface area contributed by atoms with Gasteiger partial charge in [-0.1, -0.05) is 41.2 Å². The van der Waals surface area contributed by atoms with Gasteiger partial charge in [0.05, 0.1) is 0 Å². The van der Waals surface area contributed by atoms with Gasteiger partial charge in [0.2, 0.25) is 5.90 Å². The molecule has 1 heterocycles. The topological polar surface area (TPSA) is 57.1 Å². The number of benzene rings is 2. The van der Waals surface area contributed by atoms with Gasteiger partial charge in [-0.3, -0.25) is 0 Å². The minimum Gasteiger partial charge on any atom is -0.489 e. The summed E-state index contributed by atoms with van der Waals surface area (Å²) in [6.45, 7) is 7.99. The molecule has 0 N–H and O–H groups in total. The summed E-state index contributed by atoms with van der Waals surface area (Å²) >= 11 is 3.38. The van der Waals surface area contributed by atoms with E-state index in [0.29, 0.717) is 30.3 Å². The Bertz CT molecular complexity index is 961. The molecule has 0 bridgehead atoms. The molecule has 0 saturated heterocycles. The molecular formula is C22H18BrNO4. The van der Waals surface area contributed by atoms with Crippen LogP contribution in [0.25, 0.3) is 6.08 Å². The second kappa shape index (κ2) is 9.19. The first-order valence-electron chi connectivity index (χ1n) is 8.50. The Hall–Kier alpha value is -3.12. The molecule has 0 radical (unpaired) electrons. The average molecular weight is 440 g/mol. The molecule has 0 fully saturated rings. The Labute approximate surface area is 171 Å². The van der Waals surface area contributed by atoms with Crippen LogP contribution in [0.4, 0.5) is 0 Å². The SMILES string of the molecule is C=CCOc1ccc(/C=C2\N=C(c3ccc(Br)cc3)OC2=O)c(OCC=C)c1. The Morgan fingerprint density at radius 2 is 1.75 bits per heavy atom. The highest BCUT2D eigenvalue weighted by Crippen LogP contribution is 2.29. The van der Waals surface area contributed by atoms with Crippen molar-refractivity contribution >= 4 is 33.9 Å².